The number of aromatic nitrogens is 1. The zero-order valence-electron chi connectivity index (χ0n) is 10.5. The van der Waals surface area contributed by atoms with Crippen LogP contribution in [0.3, 0.4) is 0 Å². The first-order valence-corrected chi connectivity index (χ1v) is 6.39. The molecule has 0 aliphatic heterocycles. The van der Waals surface area contributed by atoms with Gasteiger partial charge in [-0.3, -0.25) is 4.98 Å². The maximum Gasteiger partial charge on any atom is 0.391 e. The van der Waals surface area contributed by atoms with Crippen LogP contribution in [0.15, 0.2) is 18.3 Å². The highest BCUT2D eigenvalue weighted by Gasteiger charge is 2.41. The van der Waals surface area contributed by atoms with E-state index in [1.54, 1.807) is 12.1 Å². The number of hydrogen-bond acceptors (Lipinski definition) is 3. The molecule has 1 aromatic heterocycles. The number of hydrogen-bond donors (Lipinski definition) is 2. The maximum absolute atomic E-state index is 12.5. The van der Waals surface area contributed by atoms with Crippen LogP contribution in [0.4, 0.5) is 13.2 Å². The summed E-state index contributed by atoms with van der Waals surface area (Å²) in [6.45, 7) is 0.516. The van der Waals surface area contributed by atoms with Crippen molar-refractivity contribution < 1.29 is 18.3 Å². The lowest BCUT2D eigenvalue weighted by Gasteiger charge is -2.30. The second-order valence-corrected chi connectivity index (χ2v) is 4.98. The SMILES string of the molecule is Oc1ccc(CNC2CCC(C(F)(F)F)CC2)nc1. The van der Waals surface area contributed by atoms with E-state index in [4.69, 9.17) is 5.11 Å². The van der Waals surface area contributed by atoms with Crippen molar-refractivity contribution in [3.8, 4) is 5.75 Å². The van der Waals surface area contributed by atoms with E-state index in [2.05, 4.69) is 10.3 Å². The quantitative estimate of drug-likeness (QED) is 0.890. The smallest absolute Gasteiger partial charge is 0.391 e. The van der Waals surface area contributed by atoms with Gasteiger partial charge in [-0.2, -0.15) is 13.2 Å². The molecule has 0 aromatic carbocycles. The second-order valence-electron chi connectivity index (χ2n) is 4.98. The Labute approximate surface area is 109 Å². The Bertz CT molecular complexity index is 397. The molecule has 19 heavy (non-hydrogen) atoms. The van der Waals surface area contributed by atoms with Gasteiger partial charge in [0.2, 0.25) is 0 Å². The van der Waals surface area contributed by atoms with Crippen molar-refractivity contribution in [1.82, 2.24) is 10.3 Å². The van der Waals surface area contributed by atoms with Crippen molar-refractivity contribution in [3.05, 3.63) is 24.0 Å². The number of nitrogens with zero attached hydrogens (tertiary/aromatic N) is 1. The zero-order chi connectivity index (χ0) is 13.9. The van der Waals surface area contributed by atoms with Gasteiger partial charge in [-0.15, -0.1) is 0 Å². The summed E-state index contributed by atoms with van der Waals surface area (Å²) in [5.41, 5.74) is 0.774. The summed E-state index contributed by atoms with van der Waals surface area (Å²) in [6.07, 6.45) is -1.21. The lowest BCUT2D eigenvalue weighted by Crippen LogP contribution is -2.36. The minimum atomic E-state index is -4.05. The Morgan fingerprint density at radius 3 is 2.42 bits per heavy atom. The predicted octanol–water partition coefficient (Wildman–Crippen LogP) is 3.00. The molecule has 0 bridgehead atoms. The summed E-state index contributed by atoms with van der Waals surface area (Å²) in [4.78, 5) is 4.02. The van der Waals surface area contributed by atoms with Crippen molar-refractivity contribution in [2.45, 2.75) is 44.4 Å². The summed E-state index contributed by atoms with van der Waals surface area (Å²) >= 11 is 0. The summed E-state index contributed by atoms with van der Waals surface area (Å²) in [5, 5.41) is 12.3. The van der Waals surface area contributed by atoms with Crippen LogP contribution >= 0.6 is 0 Å². The number of halogens is 3. The highest BCUT2D eigenvalue weighted by Crippen LogP contribution is 2.37. The molecule has 0 atom stereocenters. The fraction of sp³-hybridized carbons (Fsp3) is 0.615. The minimum Gasteiger partial charge on any atom is -0.506 e. The van der Waals surface area contributed by atoms with Gasteiger partial charge in [0.15, 0.2) is 0 Å². The molecule has 0 saturated heterocycles. The number of pyridine rings is 1. The number of nitrogens with one attached hydrogen (secondary N) is 1. The van der Waals surface area contributed by atoms with Gasteiger partial charge in [0, 0.05) is 12.6 Å². The van der Waals surface area contributed by atoms with Gasteiger partial charge in [0.25, 0.3) is 0 Å². The predicted molar refractivity (Wildman–Crippen MR) is 64.5 cm³/mol. The zero-order valence-corrected chi connectivity index (χ0v) is 10.5. The van der Waals surface area contributed by atoms with Crippen LogP contribution in [-0.4, -0.2) is 22.3 Å². The van der Waals surface area contributed by atoms with Gasteiger partial charge >= 0.3 is 6.18 Å². The molecule has 1 fully saturated rings. The van der Waals surface area contributed by atoms with Gasteiger partial charge in [0.05, 0.1) is 17.8 Å². The van der Waals surface area contributed by atoms with E-state index >= 15 is 0 Å². The van der Waals surface area contributed by atoms with Crippen molar-refractivity contribution >= 4 is 0 Å². The Morgan fingerprint density at radius 2 is 1.89 bits per heavy atom. The van der Waals surface area contributed by atoms with Crippen molar-refractivity contribution in [1.29, 1.82) is 0 Å². The molecule has 2 N–H and O–H groups in total. The second kappa shape index (κ2) is 5.77. The molecule has 1 heterocycles. The molecule has 106 valence electrons. The molecule has 3 nitrogen and oxygen atoms in total. The molecule has 1 saturated carbocycles. The third-order valence-electron chi connectivity index (χ3n) is 3.57. The van der Waals surface area contributed by atoms with Gasteiger partial charge in [-0.1, -0.05) is 0 Å². The molecule has 0 unspecified atom stereocenters. The van der Waals surface area contributed by atoms with E-state index < -0.39 is 12.1 Å². The van der Waals surface area contributed by atoms with Crippen LogP contribution < -0.4 is 5.32 Å². The van der Waals surface area contributed by atoms with Crippen LogP contribution in [0.5, 0.6) is 5.75 Å². The average Bonchev–Trinajstić information content (AvgIpc) is 2.37. The van der Waals surface area contributed by atoms with Gasteiger partial charge in [-0.05, 0) is 37.8 Å². The summed E-state index contributed by atoms with van der Waals surface area (Å²) < 4.78 is 37.5. The number of rotatable bonds is 3. The first-order valence-electron chi connectivity index (χ1n) is 6.39. The third kappa shape index (κ3) is 4.09. The molecule has 1 aliphatic carbocycles. The van der Waals surface area contributed by atoms with E-state index in [-0.39, 0.29) is 24.6 Å². The fourth-order valence-electron chi connectivity index (χ4n) is 2.40. The third-order valence-corrected chi connectivity index (χ3v) is 3.57. The largest absolute Gasteiger partial charge is 0.506 e. The van der Waals surface area contributed by atoms with E-state index in [0.29, 0.717) is 19.4 Å². The average molecular weight is 274 g/mol. The lowest BCUT2D eigenvalue weighted by atomic mass is 9.85. The molecule has 1 aliphatic rings. The van der Waals surface area contributed by atoms with Gasteiger partial charge in [-0.25, -0.2) is 0 Å². The normalized spacial score (nSPS) is 24.4. The van der Waals surface area contributed by atoms with Crippen LogP contribution in [0.1, 0.15) is 31.4 Å². The Morgan fingerprint density at radius 1 is 1.21 bits per heavy atom. The van der Waals surface area contributed by atoms with Crippen LogP contribution in [-0.2, 0) is 6.54 Å². The Hall–Kier alpha value is -1.30. The molecule has 0 amide bonds. The maximum atomic E-state index is 12.5. The molecule has 2 rings (SSSR count). The van der Waals surface area contributed by atoms with E-state index in [1.165, 1.54) is 6.20 Å². The molecule has 0 spiro atoms. The molecule has 6 heteroatoms. The van der Waals surface area contributed by atoms with Gasteiger partial charge in [0.1, 0.15) is 5.75 Å². The Kier molecular flexibility index (Phi) is 4.29. The van der Waals surface area contributed by atoms with Crippen molar-refractivity contribution in [3.63, 3.8) is 0 Å². The van der Waals surface area contributed by atoms with E-state index in [9.17, 15) is 13.2 Å². The van der Waals surface area contributed by atoms with Crippen LogP contribution in [0, 0.1) is 5.92 Å². The van der Waals surface area contributed by atoms with E-state index in [1.807, 2.05) is 0 Å². The minimum absolute atomic E-state index is 0.106. The fourth-order valence-corrected chi connectivity index (χ4v) is 2.40. The molecular formula is C13H17F3N2O. The number of aromatic hydroxyl groups is 1. The van der Waals surface area contributed by atoms with Crippen molar-refractivity contribution in [2.75, 3.05) is 0 Å². The topological polar surface area (TPSA) is 45.1 Å². The monoisotopic (exact) mass is 274 g/mol. The summed E-state index contributed by atoms with van der Waals surface area (Å²) in [6, 6.07) is 3.36. The highest BCUT2D eigenvalue weighted by molar-refractivity contribution is 5.17. The first kappa shape index (κ1) is 14.1. The lowest BCUT2D eigenvalue weighted by molar-refractivity contribution is -0.182. The number of alkyl halides is 3. The molecule has 0 radical (unpaired) electrons. The Balaban J connectivity index is 1.75. The molecule has 1 aromatic rings. The first-order chi connectivity index (χ1) is 8.95. The van der Waals surface area contributed by atoms with Gasteiger partial charge < -0.3 is 10.4 Å². The summed E-state index contributed by atoms with van der Waals surface area (Å²) in [7, 11) is 0. The van der Waals surface area contributed by atoms with Crippen molar-refractivity contribution in [2.24, 2.45) is 5.92 Å². The molecular weight excluding hydrogens is 257 g/mol. The highest BCUT2D eigenvalue weighted by atomic mass is 19.4. The van der Waals surface area contributed by atoms with E-state index in [0.717, 1.165) is 5.69 Å². The van der Waals surface area contributed by atoms with Crippen LogP contribution in [0.2, 0.25) is 0 Å². The van der Waals surface area contributed by atoms with Crippen LogP contribution in [0.25, 0.3) is 0 Å². The standard InChI is InChI=1S/C13H17F3N2O/c14-13(15,16)9-1-3-10(4-2-9)17-7-11-5-6-12(19)8-18-11/h5-6,8-10,17,19H,1-4,7H2. The summed E-state index contributed by atoms with van der Waals surface area (Å²) in [5.74, 6) is -1.04.